The standard InChI is InChI=1S/C10H12FNO/c1-10(2)6-12-8-5-3-4-7(11)9(8)13-10/h3-5,12H,6H2,1-2H3. The summed E-state index contributed by atoms with van der Waals surface area (Å²) >= 11 is 0. The zero-order chi connectivity index (χ0) is 9.47. The Kier molecular flexibility index (Phi) is 1.68. The Balaban J connectivity index is 2.44. The van der Waals surface area contributed by atoms with Crippen LogP contribution < -0.4 is 10.1 Å². The van der Waals surface area contributed by atoms with Gasteiger partial charge in [-0.05, 0) is 26.0 Å². The third-order valence-electron chi connectivity index (χ3n) is 2.05. The van der Waals surface area contributed by atoms with E-state index in [1.807, 2.05) is 19.9 Å². The number of para-hydroxylation sites is 1. The maximum atomic E-state index is 13.2. The van der Waals surface area contributed by atoms with Crippen LogP contribution in [0.15, 0.2) is 18.2 Å². The first-order chi connectivity index (χ1) is 6.08. The van der Waals surface area contributed by atoms with Gasteiger partial charge in [0.25, 0.3) is 0 Å². The molecule has 0 bridgehead atoms. The Hall–Kier alpha value is -1.25. The third-order valence-corrected chi connectivity index (χ3v) is 2.05. The number of hydrogen-bond donors (Lipinski definition) is 1. The number of nitrogens with one attached hydrogen (secondary N) is 1. The SMILES string of the molecule is CC1(C)CNc2cccc(F)c2O1. The number of benzene rings is 1. The van der Waals surface area contributed by atoms with Crippen molar-refractivity contribution in [2.24, 2.45) is 0 Å². The molecule has 0 saturated carbocycles. The van der Waals surface area contributed by atoms with E-state index in [0.717, 1.165) is 5.69 Å². The van der Waals surface area contributed by atoms with Gasteiger partial charge in [-0.2, -0.15) is 0 Å². The molecule has 1 N–H and O–H groups in total. The fourth-order valence-electron chi connectivity index (χ4n) is 1.37. The highest BCUT2D eigenvalue weighted by Crippen LogP contribution is 2.34. The smallest absolute Gasteiger partial charge is 0.178 e. The Morgan fingerprint density at radius 3 is 3.00 bits per heavy atom. The monoisotopic (exact) mass is 181 g/mol. The van der Waals surface area contributed by atoms with Gasteiger partial charge in [0.1, 0.15) is 5.60 Å². The summed E-state index contributed by atoms with van der Waals surface area (Å²) in [6, 6.07) is 4.89. The Morgan fingerprint density at radius 1 is 1.46 bits per heavy atom. The van der Waals surface area contributed by atoms with Gasteiger partial charge in [-0.3, -0.25) is 0 Å². The van der Waals surface area contributed by atoms with E-state index < -0.39 is 0 Å². The van der Waals surface area contributed by atoms with E-state index in [-0.39, 0.29) is 11.4 Å². The van der Waals surface area contributed by atoms with Crippen molar-refractivity contribution < 1.29 is 9.13 Å². The predicted octanol–water partition coefficient (Wildman–Crippen LogP) is 2.41. The molecule has 1 aliphatic heterocycles. The zero-order valence-electron chi connectivity index (χ0n) is 7.73. The average molecular weight is 181 g/mol. The molecule has 0 saturated heterocycles. The molecule has 0 aromatic heterocycles. The highest BCUT2D eigenvalue weighted by atomic mass is 19.1. The second kappa shape index (κ2) is 2.62. The molecule has 1 aromatic rings. The second-order valence-corrected chi connectivity index (χ2v) is 3.83. The molecule has 13 heavy (non-hydrogen) atoms. The average Bonchev–Trinajstić information content (AvgIpc) is 2.06. The summed E-state index contributed by atoms with van der Waals surface area (Å²) in [5.74, 6) is 0.0246. The van der Waals surface area contributed by atoms with Crippen molar-refractivity contribution in [2.75, 3.05) is 11.9 Å². The maximum Gasteiger partial charge on any atom is 0.178 e. The van der Waals surface area contributed by atoms with Gasteiger partial charge in [0.15, 0.2) is 11.6 Å². The minimum atomic E-state index is -0.338. The van der Waals surface area contributed by atoms with Crippen LogP contribution in [0.2, 0.25) is 0 Å². The Morgan fingerprint density at radius 2 is 2.23 bits per heavy atom. The van der Waals surface area contributed by atoms with Crippen LogP contribution in [0.4, 0.5) is 10.1 Å². The number of rotatable bonds is 0. The Bertz CT molecular complexity index is 336. The lowest BCUT2D eigenvalue weighted by Gasteiger charge is -2.33. The van der Waals surface area contributed by atoms with Crippen molar-refractivity contribution in [3.05, 3.63) is 24.0 Å². The molecule has 70 valence electrons. The van der Waals surface area contributed by atoms with E-state index in [2.05, 4.69) is 5.32 Å². The molecule has 0 spiro atoms. The minimum Gasteiger partial charge on any atom is -0.481 e. The van der Waals surface area contributed by atoms with Crippen molar-refractivity contribution in [1.29, 1.82) is 0 Å². The topological polar surface area (TPSA) is 21.3 Å². The molecular weight excluding hydrogens is 169 g/mol. The van der Waals surface area contributed by atoms with E-state index in [0.29, 0.717) is 12.3 Å². The number of ether oxygens (including phenoxy) is 1. The van der Waals surface area contributed by atoms with Crippen LogP contribution in [-0.2, 0) is 0 Å². The number of halogens is 1. The first kappa shape index (κ1) is 8.35. The molecule has 2 rings (SSSR count). The molecule has 0 amide bonds. The molecule has 3 heteroatoms. The van der Waals surface area contributed by atoms with E-state index in [9.17, 15) is 4.39 Å². The van der Waals surface area contributed by atoms with Crippen molar-refractivity contribution in [3.63, 3.8) is 0 Å². The third kappa shape index (κ3) is 1.46. The molecule has 0 aliphatic carbocycles. The van der Waals surface area contributed by atoms with Gasteiger partial charge in [-0.25, -0.2) is 4.39 Å². The zero-order valence-corrected chi connectivity index (χ0v) is 7.73. The van der Waals surface area contributed by atoms with Gasteiger partial charge in [0, 0.05) is 0 Å². The summed E-state index contributed by atoms with van der Waals surface area (Å²) < 4.78 is 18.8. The van der Waals surface area contributed by atoms with Gasteiger partial charge in [-0.15, -0.1) is 0 Å². The molecule has 1 aromatic carbocycles. The largest absolute Gasteiger partial charge is 0.481 e. The summed E-state index contributed by atoms with van der Waals surface area (Å²) in [5, 5.41) is 3.13. The van der Waals surface area contributed by atoms with Gasteiger partial charge >= 0.3 is 0 Å². The van der Waals surface area contributed by atoms with Crippen molar-refractivity contribution in [2.45, 2.75) is 19.4 Å². The summed E-state index contributed by atoms with van der Waals surface area (Å²) in [5.41, 5.74) is 0.397. The van der Waals surface area contributed by atoms with Gasteiger partial charge < -0.3 is 10.1 Å². The number of anilines is 1. The molecule has 0 fully saturated rings. The van der Waals surface area contributed by atoms with Crippen LogP contribution in [0.25, 0.3) is 0 Å². The fraction of sp³-hybridized carbons (Fsp3) is 0.400. The van der Waals surface area contributed by atoms with Gasteiger partial charge in [0.2, 0.25) is 0 Å². The number of hydrogen-bond acceptors (Lipinski definition) is 2. The van der Waals surface area contributed by atoms with Crippen LogP contribution in [0, 0.1) is 5.82 Å². The lowest BCUT2D eigenvalue weighted by Crippen LogP contribution is -2.40. The minimum absolute atomic E-state index is 0.308. The first-order valence-corrected chi connectivity index (χ1v) is 4.30. The van der Waals surface area contributed by atoms with Crippen molar-refractivity contribution >= 4 is 5.69 Å². The molecule has 1 aliphatic rings. The maximum absolute atomic E-state index is 13.2. The lowest BCUT2D eigenvalue weighted by atomic mass is 10.1. The lowest BCUT2D eigenvalue weighted by molar-refractivity contribution is 0.110. The molecule has 0 atom stereocenters. The van der Waals surface area contributed by atoms with Crippen molar-refractivity contribution in [1.82, 2.24) is 0 Å². The second-order valence-electron chi connectivity index (χ2n) is 3.83. The summed E-state index contributed by atoms with van der Waals surface area (Å²) in [6.07, 6.45) is 0. The molecule has 0 radical (unpaired) electrons. The normalized spacial score (nSPS) is 18.4. The summed E-state index contributed by atoms with van der Waals surface area (Å²) in [6.45, 7) is 4.55. The quantitative estimate of drug-likeness (QED) is 0.663. The first-order valence-electron chi connectivity index (χ1n) is 4.30. The van der Waals surface area contributed by atoms with E-state index in [1.165, 1.54) is 6.07 Å². The molecule has 0 unspecified atom stereocenters. The molecule has 1 heterocycles. The van der Waals surface area contributed by atoms with Crippen LogP contribution in [0.3, 0.4) is 0 Å². The highest BCUT2D eigenvalue weighted by molar-refractivity contribution is 5.58. The molecular formula is C10H12FNO. The van der Waals surface area contributed by atoms with Crippen LogP contribution in [0.1, 0.15) is 13.8 Å². The van der Waals surface area contributed by atoms with E-state index in [4.69, 9.17) is 4.74 Å². The van der Waals surface area contributed by atoms with Crippen LogP contribution in [0.5, 0.6) is 5.75 Å². The summed E-state index contributed by atoms with van der Waals surface area (Å²) in [4.78, 5) is 0. The van der Waals surface area contributed by atoms with E-state index >= 15 is 0 Å². The van der Waals surface area contributed by atoms with E-state index in [1.54, 1.807) is 6.07 Å². The number of fused-ring (bicyclic) bond motifs is 1. The predicted molar refractivity (Wildman–Crippen MR) is 49.6 cm³/mol. The molecule has 2 nitrogen and oxygen atoms in total. The highest BCUT2D eigenvalue weighted by Gasteiger charge is 2.27. The van der Waals surface area contributed by atoms with Crippen molar-refractivity contribution in [3.8, 4) is 5.75 Å². The van der Waals surface area contributed by atoms with Crippen LogP contribution >= 0.6 is 0 Å². The fourth-order valence-corrected chi connectivity index (χ4v) is 1.37. The van der Waals surface area contributed by atoms with Gasteiger partial charge in [-0.1, -0.05) is 6.07 Å². The van der Waals surface area contributed by atoms with Gasteiger partial charge in [0.05, 0.1) is 12.2 Å². The Labute approximate surface area is 76.7 Å². The van der Waals surface area contributed by atoms with Crippen LogP contribution in [-0.4, -0.2) is 12.1 Å². The summed E-state index contributed by atoms with van der Waals surface area (Å²) in [7, 11) is 0.